The molecule has 0 heterocycles. The van der Waals surface area contributed by atoms with Crippen LogP contribution in [0.1, 0.15) is 18.4 Å². The molecule has 4 heteroatoms. The number of methoxy groups -OCH3 is 1. The molecule has 0 amide bonds. The molecule has 17 heavy (non-hydrogen) atoms. The van der Waals surface area contributed by atoms with Crippen LogP contribution in [0.2, 0.25) is 0 Å². The Kier molecular flexibility index (Phi) is 5.12. The molecular weight excluding hydrogens is 218 g/mol. The first kappa shape index (κ1) is 13.7. The van der Waals surface area contributed by atoms with E-state index in [0.29, 0.717) is 19.4 Å². The fraction of sp³-hybridized carbons (Fsp3) is 0.462. The molecule has 0 aromatic heterocycles. The van der Waals surface area contributed by atoms with Crippen LogP contribution in [0.4, 0.5) is 0 Å². The van der Waals surface area contributed by atoms with Crippen LogP contribution in [-0.2, 0) is 14.9 Å². The van der Waals surface area contributed by atoms with Crippen molar-refractivity contribution in [1.29, 1.82) is 0 Å². The summed E-state index contributed by atoms with van der Waals surface area (Å²) >= 11 is 0. The molecule has 0 fully saturated rings. The number of hydrogen-bond acceptors (Lipinski definition) is 3. The van der Waals surface area contributed by atoms with Gasteiger partial charge < -0.3 is 15.6 Å². The van der Waals surface area contributed by atoms with Crippen molar-refractivity contribution >= 4 is 5.97 Å². The first-order valence-electron chi connectivity index (χ1n) is 5.65. The number of carboxylic acid groups (broad SMARTS) is 1. The van der Waals surface area contributed by atoms with Gasteiger partial charge >= 0.3 is 5.97 Å². The minimum absolute atomic E-state index is 0.0933. The van der Waals surface area contributed by atoms with Crippen LogP contribution in [-0.4, -0.2) is 31.3 Å². The monoisotopic (exact) mass is 237 g/mol. The van der Waals surface area contributed by atoms with Gasteiger partial charge in [-0.3, -0.25) is 4.79 Å². The summed E-state index contributed by atoms with van der Waals surface area (Å²) in [7, 11) is 1.60. The third-order valence-electron chi connectivity index (χ3n) is 3.04. The van der Waals surface area contributed by atoms with Crippen LogP contribution < -0.4 is 5.73 Å². The van der Waals surface area contributed by atoms with Crippen LogP contribution >= 0.6 is 0 Å². The van der Waals surface area contributed by atoms with Crippen LogP contribution in [0, 0.1) is 0 Å². The van der Waals surface area contributed by atoms with E-state index in [1.54, 1.807) is 7.11 Å². The molecule has 0 aliphatic carbocycles. The highest BCUT2D eigenvalue weighted by Gasteiger charge is 2.38. The predicted molar refractivity (Wildman–Crippen MR) is 65.9 cm³/mol. The summed E-state index contributed by atoms with van der Waals surface area (Å²) in [5, 5.41) is 9.46. The first-order chi connectivity index (χ1) is 8.17. The largest absolute Gasteiger partial charge is 0.481 e. The van der Waals surface area contributed by atoms with Crippen molar-refractivity contribution in [3.63, 3.8) is 0 Å². The molecule has 3 N–H and O–H groups in total. The Hall–Kier alpha value is -1.39. The van der Waals surface area contributed by atoms with Crippen LogP contribution in [0.3, 0.4) is 0 Å². The van der Waals surface area contributed by atoms with Crippen molar-refractivity contribution in [2.45, 2.75) is 18.3 Å². The average molecular weight is 237 g/mol. The Labute approximate surface area is 101 Å². The summed E-state index contributed by atoms with van der Waals surface area (Å²) in [5.41, 5.74) is 5.46. The molecule has 1 atom stereocenters. The van der Waals surface area contributed by atoms with Crippen molar-refractivity contribution in [2.75, 3.05) is 20.3 Å². The smallest absolute Gasteiger partial charge is 0.315 e. The van der Waals surface area contributed by atoms with Gasteiger partial charge in [0.1, 0.15) is 5.41 Å². The molecule has 0 saturated carbocycles. The van der Waals surface area contributed by atoms with E-state index in [4.69, 9.17) is 10.5 Å². The summed E-state index contributed by atoms with van der Waals surface area (Å²) in [4.78, 5) is 11.5. The molecule has 4 nitrogen and oxygen atoms in total. The highest BCUT2D eigenvalue weighted by molar-refractivity contribution is 5.81. The van der Waals surface area contributed by atoms with Crippen molar-refractivity contribution in [2.24, 2.45) is 5.73 Å². The zero-order chi connectivity index (χ0) is 12.7. The van der Waals surface area contributed by atoms with Gasteiger partial charge in [-0.1, -0.05) is 30.3 Å². The number of ether oxygens (including phenoxy) is 1. The summed E-state index contributed by atoms with van der Waals surface area (Å²) in [6, 6.07) is 9.15. The molecule has 1 aromatic carbocycles. The Morgan fingerprint density at radius 3 is 2.53 bits per heavy atom. The SMILES string of the molecule is COCCCC(CN)(C(=O)O)c1ccccc1. The number of nitrogens with two attached hydrogens (primary N) is 1. The fourth-order valence-corrected chi connectivity index (χ4v) is 1.96. The lowest BCUT2D eigenvalue weighted by molar-refractivity contribution is -0.144. The zero-order valence-electron chi connectivity index (χ0n) is 10.1. The quantitative estimate of drug-likeness (QED) is 0.703. The summed E-state index contributed by atoms with van der Waals surface area (Å²) in [5.74, 6) is -0.873. The second-order valence-electron chi connectivity index (χ2n) is 4.05. The zero-order valence-corrected chi connectivity index (χ0v) is 10.1. The van der Waals surface area contributed by atoms with Crippen LogP contribution in [0.15, 0.2) is 30.3 Å². The van der Waals surface area contributed by atoms with Crippen molar-refractivity contribution < 1.29 is 14.6 Å². The Morgan fingerprint density at radius 2 is 2.06 bits per heavy atom. The van der Waals surface area contributed by atoms with Gasteiger partial charge in [-0.25, -0.2) is 0 Å². The van der Waals surface area contributed by atoms with Gasteiger partial charge in [-0.05, 0) is 18.4 Å². The molecule has 0 aliphatic heterocycles. The van der Waals surface area contributed by atoms with E-state index in [0.717, 1.165) is 5.56 Å². The lowest BCUT2D eigenvalue weighted by Crippen LogP contribution is -2.43. The number of hydrogen-bond donors (Lipinski definition) is 2. The average Bonchev–Trinajstić information content (AvgIpc) is 2.36. The molecule has 1 aromatic rings. The molecule has 0 saturated heterocycles. The third kappa shape index (κ3) is 3.05. The summed E-state index contributed by atoms with van der Waals surface area (Å²) in [6.45, 7) is 0.637. The number of aliphatic carboxylic acids is 1. The van der Waals surface area contributed by atoms with Gasteiger partial charge in [0, 0.05) is 20.3 Å². The second kappa shape index (κ2) is 6.37. The Bertz CT molecular complexity index is 353. The number of benzene rings is 1. The summed E-state index contributed by atoms with van der Waals surface area (Å²) in [6.07, 6.45) is 1.16. The minimum atomic E-state index is -1.00. The number of carboxylic acids is 1. The van der Waals surface area contributed by atoms with Gasteiger partial charge in [-0.2, -0.15) is 0 Å². The van der Waals surface area contributed by atoms with E-state index in [9.17, 15) is 9.90 Å². The van der Waals surface area contributed by atoms with Crippen molar-refractivity contribution in [1.82, 2.24) is 0 Å². The van der Waals surface area contributed by atoms with E-state index in [1.165, 1.54) is 0 Å². The van der Waals surface area contributed by atoms with E-state index >= 15 is 0 Å². The molecule has 0 spiro atoms. The number of rotatable bonds is 7. The molecular formula is C13H19NO3. The Morgan fingerprint density at radius 1 is 1.41 bits per heavy atom. The second-order valence-corrected chi connectivity index (χ2v) is 4.05. The van der Waals surface area contributed by atoms with Gasteiger partial charge in [0.2, 0.25) is 0 Å². The topological polar surface area (TPSA) is 72.5 Å². The molecule has 0 radical (unpaired) electrons. The van der Waals surface area contributed by atoms with Crippen LogP contribution in [0.5, 0.6) is 0 Å². The third-order valence-corrected chi connectivity index (χ3v) is 3.04. The van der Waals surface area contributed by atoms with Crippen molar-refractivity contribution in [3.05, 3.63) is 35.9 Å². The predicted octanol–water partition coefficient (Wildman–Crippen LogP) is 1.39. The minimum Gasteiger partial charge on any atom is -0.481 e. The molecule has 0 bridgehead atoms. The maximum Gasteiger partial charge on any atom is 0.315 e. The lowest BCUT2D eigenvalue weighted by atomic mass is 9.77. The highest BCUT2D eigenvalue weighted by atomic mass is 16.5. The Balaban J connectivity index is 2.97. The van der Waals surface area contributed by atoms with Crippen molar-refractivity contribution in [3.8, 4) is 0 Å². The van der Waals surface area contributed by atoms with Gasteiger partial charge in [-0.15, -0.1) is 0 Å². The van der Waals surface area contributed by atoms with Gasteiger partial charge in [0.15, 0.2) is 0 Å². The molecule has 1 rings (SSSR count). The van der Waals surface area contributed by atoms with Gasteiger partial charge in [0.05, 0.1) is 0 Å². The molecule has 94 valence electrons. The standard InChI is InChI=1S/C13H19NO3/c1-17-9-5-8-13(10-14,12(15)16)11-6-3-2-4-7-11/h2-4,6-7H,5,8-10,14H2,1H3,(H,15,16). The maximum absolute atomic E-state index is 11.5. The summed E-state index contributed by atoms with van der Waals surface area (Å²) < 4.78 is 4.96. The highest BCUT2D eigenvalue weighted by Crippen LogP contribution is 2.28. The van der Waals surface area contributed by atoms with Crippen LogP contribution in [0.25, 0.3) is 0 Å². The molecule has 1 unspecified atom stereocenters. The van der Waals surface area contributed by atoms with E-state index in [1.807, 2.05) is 30.3 Å². The first-order valence-corrected chi connectivity index (χ1v) is 5.65. The molecule has 0 aliphatic rings. The van der Waals surface area contributed by atoms with E-state index in [2.05, 4.69) is 0 Å². The maximum atomic E-state index is 11.5. The fourth-order valence-electron chi connectivity index (χ4n) is 1.96. The van der Waals surface area contributed by atoms with E-state index < -0.39 is 11.4 Å². The number of carbonyl (C=O) groups is 1. The lowest BCUT2D eigenvalue weighted by Gasteiger charge is -2.28. The normalized spacial score (nSPS) is 14.2. The van der Waals surface area contributed by atoms with E-state index in [-0.39, 0.29) is 6.54 Å². The van der Waals surface area contributed by atoms with Gasteiger partial charge in [0.25, 0.3) is 0 Å².